The van der Waals surface area contributed by atoms with Gasteiger partial charge in [-0.2, -0.15) is 10.4 Å². The number of nitrogens with zero attached hydrogens (tertiary/aromatic N) is 2. The van der Waals surface area contributed by atoms with Crippen LogP contribution in [0.5, 0.6) is 5.75 Å². The molecule has 0 saturated carbocycles. The predicted octanol–water partition coefficient (Wildman–Crippen LogP) is 2.34. The molecule has 0 atom stereocenters. The first kappa shape index (κ1) is 14.3. The number of amides is 1. The molecule has 2 N–H and O–H groups in total. The van der Waals surface area contributed by atoms with E-state index < -0.39 is 0 Å². The van der Waals surface area contributed by atoms with Gasteiger partial charge in [-0.05, 0) is 36.8 Å². The van der Waals surface area contributed by atoms with Crippen LogP contribution in [0.25, 0.3) is 0 Å². The number of hydrogen-bond acceptors (Lipinski definition) is 4. The fourth-order valence-corrected chi connectivity index (χ4v) is 1.78. The van der Waals surface area contributed by atoms with Gasteiger partial charge in [-0.1, -0.05) is 18.2 Å². The highest BCUT2D eigenvalue weighted by Crippen LogP contribution is 2.15. The molecule has 0 radical (unpaired) electrons. The highest BCUT2D eigenvalue weighted by atomic mass is 16.3. The van der Waals surface area contributed by atoms with Crippen molar-refractivity contribution >= 4 is 12.1 Å². The van der Waals surface area contributed by atoms with E-state index in [0.717, 1.165) is 5.56 Å². The molecular weight excluding hydrogens is 266 g/mol. The van der Waals surface area contributed by atoms with Crippen molar-refractivity contribution in [2.45, 2.75) is 6.92 Å². The molecule has 2 rings (SSSR count). The number of nitriles is 1. The van der Waals surface area contributed by atoms with Crippen molar-refractivity contribution in [3.05, 3.63) is 64.7 Å². The molecule has 2 aromatic rings. The quantitative estimate of drug-likeness (QED) is 0.668. The van der Waals surface area contributed by atoms with E-state index in [-0.39, 0.29) is 11.7 Å². The van der Waals surface area contributed by atoms with Gasteiger partial charge < -0.3 is 5.11 Å². The third-order valence-electron chi connectivity index (χ3n) is 2.92. The Morgan fingerprint density at radius 3 is 2.81 bits per heavy atom. The molecule has 5 nitrogen and oxygen atoms in total. The smallest absolute Gasteiger partial charge is 0.271 e. The Hall–Kier alpha value is -3.13. The summed E-state index contributed by atoms with van der Waals surface area (Å²) in [5.41, 5.74) is 4.53. The van der Waals surface area contributed by atoms with Crippen LogP contribution in [-0.2, 0) is 0 Å². The largest absolute Gasteiger partial charge is 0.507 e. The number of phenolic OH excluding ortho intramolecular Hbond substituents is 1. The summed E-state index contributed by atoms with van der Waals surface area (Å²) >= 11 is 0. The second-order valence-corrected chi connectivity index (χ2v) is 4.40. The first-order valence-corrected chi connectivity index (χ1v) is 6.24. The van der Waals surface area contributed by atoms with Gasteiger partial charge in [-0.3, -0.25) is 4.79 Å². The van der Waals surface area contributed by atoms with Crippen molar-refractivity contribution in [3.8, 4) is 11.8 Å². The number of rotatable bonds is 3. The summed E-state index contributed by atoms with van der Waals surface area (Å²) in [5.74, 6) is -0.344. The van der Waals surface area contributed by atoms with Crippen molar-refractivity contribution < 1.29 is 9.90 Å². The van der Waals surface area contributed by atoms with Crippen LogP contribution in [0.2, 0.25) is 0 Å². The summed E-state index contributed by atoms with van der Waals surface area (Å²) in [6, 6.07) is 13.5. The van der Waals surface area contributed by atoms with Crippen LogP contribution in [0.15, 0.2) is 47.6 Å². The van der Waals surface area contributed by atoms with Crippen LogP contribution in [0.4, 0.5) is 0 Å². The van der Waals surface area contributed by atoms with Crippen LogP contribution in [0.1, 0.15) is 27.0 Å². The minimum Gasteiger partial charge on any atom is -0.507 e. The first-order valence-electron chi connectivity index (χ1n) is 6.24. The van der Waals surface area contributed by atoms with E-state index in [1.165, 1.54) is 24.4 Å². The molecular formula is C16H13N3O2. The number of hydrogen-bond donors (Lipinski definition) is 2. The van der Waals surface area contributed by atoms with Gasteiger partial charge in [-0.15, -0.1) is 0 Å². The Kier molecular flexibility index (Phi) is 4.32. The number of carbonyl (C=O) groups excluding carboxylic acids is 1. The van der Waals surface area contributed by atoms with Crippen LogP contribution in [-0.4, -0.2) is 17.2 Å². The SMILES string of the molecule is Cc1ccccc1C(=O)N/N=C/c1cc(C#N)ccc1O. The number of carbonyl (C=O) groups is 1. The summed E-state index contributed by atoms with van der Waals surface area (Å²) < 4.78 is 0. The van der Waals surface area contributed by atoms with Crippen LogP contribution in [0, 0.1) is 18.3 Å². The summed E-state index contributed by atoms with van der Waals surface area (Å²) in [4.78, 5) is 11.9. The molecule has 0 unspecified atom stereocenters. The van der Waals surface area contributed by atoms with Crippen molar-refractivity contribution in [3.63, 3.8) is 0 Å². The topological polar surface area (TPSA) is 85.5 Å². The number of aryl methyl sites for hydroxylation is 1. The summed E-state index contributed by atoms with van der Waals surface area (Å²) in [5, 5.41) is 22.2. The zero-order chi connectivity index (χ0) is 15.2. The fraction of sp³-hybridized carbons (Fsp3) is 0.0625. The predicted molar refractivity (Wildman–Crippen MR) is 79.1 cm³/mol. The molecule has 104 valence electrons. The summed E-state index contributed by atoms with van der Waals surface area (Å²) in [6.45, 7) is 1.83. The number of hydrazone groups is 1. The number of phenols is 1. The van der Waals surface area contributed by atoms with Crippen molar-refractivity contribution in [2.75, 3.05) is 0 Å². The Morgan fingerprint density at radius 2 is 2.10 bits per heavy atom. The van der Waals surface area contributed by atoms with E-state index in [0.29, 0.717) is 16.7 Å². The number of nitrogens with one attached hydrogen (secondary N) is 1. The highest BCUT2D eigenvalue weighted by Gasteiger charge is 2.06. The van der Waals surface area contributed by atoms with E-state index in [1.807, 2.05) is 25.1 Å². The molecule has 0 spiro atoms. The van der Waals surface area contributed by atoms with E-state index in [2.05, 4.69) is 10.5 Å². The molecule has 0 aliphatic rings. The average Bonchev–Trinajstić information content (AvgIpc) is 2.49. The van der Waals surface area contributed by atoms with Gasteiger partial charge in [0.15, 0.2) is 0 Å². The molecule has 0 bridgehead atoms. The molecule has 0 aromatic heterocycles. The first-order chi connectivity index (χ1) is 10.1. The lowest BCUT2D eigenvalue weighted by Gasteiger charge is -2.03. The van der Waals surface area contributed by atoms with Crippen molar-refractivity contribution in [2.24, 2.45) is 5.10 Å². The van der Waals surface area contributed by atoms with Crippen LogP contribution < -0.4 is 5.43 Å². The van der Waals surface area contributed by atoms with E-state index in [9.17, 15) is 9.90 Å². The van der Waals surface area contributed by atoms with Gasteiger partial charge in [0.1, 0.15) is 5.75 Å². The molecule has 0 aliphatic heterocycles. The maximum atomic E-state index is 11.9. The monoisotopic (exact) mass is 279 g/mol. The lowest BCUT2D eigenvalue weighted by Crippen LogP contribution is -2.18. The number of benzene rings is 2. The van der Waals surface area contributed by atoms with Gasteiger partial charge in [-0.25, -0.2) is 5.43 Å². The lowest BCUT2D eigenvalue weighted by molar-refractivity contribution is 0.0954. The van der Waals surface area contributed by atoms with Crippen LogP contribution in [0.3, 0.4) is 0 Å². The Labute approximate surface area is 122 Å². The normalized spacial score (nSPS) is 10.3. The second-order valence-electron chi connectivity index (χ2n) is 4.40. The highest BCUT2D eigenvalue weighted by molar-refractivity contribution is 5.96. The average molecular weight is 279 g/mol. The maximum absolute atomic E-state index is 11.9. The van der Waals surface area contributed by atoms with Crippen molar-refractivity contribution in [1.82, 2.24) is 5.43 Å². The van der Waals surface area contributed by atoms with E-state index in [1.54, 1.807) is 12.1 Å². The van der Waals surface area contributed by atoms with Gasteiger partial charge in [0.25, 0.3) is 5.91 Å². The summed E-state index contributed by atoms with van der Waals surface area (Å²) in [7, 11) is 0. The summed E-state index contributed by atoms with van der Waals surface area (Å²) in [6.07, 6.45) is 1.30. The fourth-order valence-electron chi connectivity index (χ4n) is 1.78. The van der Waals surface area contributed by atoms with Crippen molar-refractivity contribution in [1.29, 1.82) is 5.26 Å². The lowest BCUT2D eigenvalue weighted by atomic mass is 10.1. The molecule has 0 saturated heterocycles. The minimum absolute atomic E-state index is 0.0112. The molecule has 5 heteroatoms. The molecule has 2 aromatic carbocycles. The standard InChI is InChI=1S/C16H13N3O2/c1-11-4-2-3-5-14(11)16(21)19-18-10-13-8-12(9-17)6-7-15(13)20/h2-8,10,20H,1H3,(H,19,21)/b18-10+. The molecule has 0 aliphatic carbocycles. The van der Waals surface area contributed by atoms with Gasteiger partial charge in [0.2, 0.25) is 0 Å². The maximum Gasteiger partial charge on any atom is 0.271 e. The molecule has 0 heterocycles. The molecule has 1 amide bonds. The Morgan fingerprint density at radius 1 is 1.33 bits per heavy atom. The third-order valence-corrected chi connectivity index (χ3v) is 2.92. The van der Waals surface area contributed by atoms with Gasteiger partial charge in [0.05, 0.1) is 17.8 Å². The Balaban J connectivity index is 2.11. The molecule has 21 heavy (non-hydrogen) atoms. The van der Waals surface area contributed by atoms with E-state index in [4.69, 9.17) is 5.26 Å². The third kappa shape index (κ3) is 3.45. The van der Waals surface area contributed by atoms with Crippen LogP contribution >= 0.6 is 0 Å². The van der Waals surface area contributed by atoms with Gasteiger partial charge in [0, 0.05) is 11.1 Å². The zero-order valence-electron chi connectivity index (χ0n) is 11.4. The number of aromatic hydroxyl groups is 1. The van der Waals surface area contributed by atoms with E-state index >= 15 is 0 Å². The Bertz CT molecular complexity index is 745. The molecule has 0 fully saturated rings. The minimum atomic E-state index is -0.333. The van der Waals surface area contributed by atoms with Gasteiger partial charge >= 0.3 is 0 Å². The second kappa shape index (κ2) is 6.35. The zero-order valence-corrected chi connectivity index (χ0v) is 11.4.